The summed E-state index contributed by atoms with van der Waals surface area (Å²) in [6, 6.07) is 12.1. The second kappa shape index (κ2) is 9.35. The molecule has 2 heterocycles. The third-order valence-electron chi connectivity index (χ3n) is 5.13. The van der Waals surface area contributed by atoms with Gasteiger partial charge in [-0.05, 0) is 61.9 Å². The van der Waals surface area contributed by atoms with Crippen LogP contribution in [0.3, 0.4) is 0 Å². The Hall–Kier alpha value is -2.63. The predicted molar refractivity (Wildman–Crippen MR) is 106 cm³/mol. The first-order valence-electron chi connectivity index (χ1n) is 9.72. The Bertz CT molecular complexity index is 731. The van der Waals surface area contributed by atoms with E-state index in [0.29, 0.717) is 18.3 Å². The standard InChI is InChI=1S/C21H28N4O2/c1-3-17-6-4-5-15-25(17)20-12-11-19(23-24-20)21(26)22-14-13-16-7-9-18(27-2)10-8-16/h7-12,17H,3-6,13-15H2,1-2H3,(H,22,26). The molecule has 1 unspecified atom stereocenters. The van der Waals surface area contributed by atoms with E-state index in [0.717, 1.165) is 36.5 Å². The number of ether oxygens (including phenoxy) is 1. The Morgan fingerprint density at radius 2 is 2.00 bits per heavy atom. The van der Waals surface area contributed by atoms with Crippen LogP contribution >= 0.6 is 0 Å². The number of benzene rings is 1. The predicted octanol–water partition coefficient (Wildman–Crippen LogP) is 3.23. The molecule has 6 heteroatoms. The number of carbonyl (C=O) groups excluding carboxylic acids is 1. The van der Waals surface area contributed by atoms with Crippen molar-refractivity contribution in [3.8, 4) is 5.75 Å². The highest BCUT2D eigenvalue weighted by Crippen LogP contribution is 2.24. The Kier molecular flexibility index (Phi) is 6.63. The van der Waals surface area contributed by atoms with E-state index < -0.39 is 0 Å². The second-order valence-electron chi connectivity index (χ2n) is 6.88. The van der Waals surface area contributed by atoms with Crippen molar-refractivity contribution < 1.29 is 9.53 Å². The molecule has 0 saturated carbocycles. The van der Waals surface area contributed by atoms with Gasteiger partial charge in [-0.2, -0.15) is 0 Å². The van der Waals surface area contributed by atoms with Crippen molar-refractivity contribution in [2.24, 2.45) is 0 Å². The summed E-state index contributed by atoms with van der Waals surface area (Å²) < 4.78 is 5.15. The maximum absolute atomic E-state index is 12.3. The number of nitrogens with one attached hydrogen (secondary N) is 1. The van der Waals surface area contributed by atoms with Gasteiger partial charge in [-0.25, -0.2) is 0 Å². The molecule has 1 N–H and O–H groups in total. The molecule has 3 rings (SSSR count). The quantitative estimate of drug-likeness (QED) is 0.813. The van der Waals surface area contributed by atoms with Crippen molar-refractivity contribution >= 4 is 11.7 Å². The maximum atomic E-state index is 12.3. The van der Waals surface area contributed by atoms with Crippen LogP contribution in [-0.4, -0.2) is 42.3 Å². The Labute approximate surface area is 160 Å². The van der Waals surface area contributed by atoms with Crippen LogP contribution in [0.4, 0.5) is 5.82 Å². The van der Waals surface area contributed by atoms with Gasteiger partial charge in [-0.1, -0.05) is 19.1 Å². The van der Waals surface area contributed by atoms with Crippen molar-refractivity contribution in [2.45, 2.75) is 45.1 Å². The molecule has 1 aromatic carbocycles. The minimum atomic E-state index is -0.187. The number of carbonyl (C=O) groups is 1. The lowest BCUT2D eigenvalue weighted by molar-refractivity contribution is 0.0948. The van der Waals surface area contributed by atoms with Gasteiger partial charge in [0, 0.05) is 19.1 Å². The van der Waals surface area contributed by atoms with Crippen LogP contribution in [0.1, 0.15) is 48.7 Å². The van der Waals surface area contributed by atoms with E-state index in [9.17, 15) is 4.79 Å². The first kappa shape index (κ1) is 19.1. The molecule has 2 aromatic rings. The summed E-state index contributed by atoms with van der Waals surface area (Å²) in [5.74, 6) is 1.52. The average Bonchev–Trinajstić information content (AvgIpc) is 2.74. The third kappa shape index (κ3) is 4.96. The molecular formula is C21H28N4O2. The maximum Gasteiger partial charge on any atom is 0.271 e. The van der Waals surface area contributed by atoms with Gasteiger partial charge in [0.1, 0.15) is 5.75 Å². The summed E-state index contributed by atoms with van der Waals surface area (Å²) in [6.07, 6.45) is 5.52. The molecule has 1 atom stereocenters. The smallest absolute Gasteiger partial charge is 0.271 e. The molecule has 144 valence electrons. The van der Waals surface area contributed by atoms with Gasteiger partial charge in [-0.15, -0.1) is 10.2 Å². The SMILES string of the molecule is CCC1CCCCN1c1ccc(C(=O)NCCc2ccc(OC)cc2)nn1. The first-order valence-corrected chi connectivity index (χ1v) is 9.72. The van der Waals surface area contributed by atoms with Crippen molar-refractivity contribution in [1.29, 1.82) is 0 Å². The summed E-state index contributed by atoms with van der Waals surface area (Å²) in [5.41, 5.74) is 1.51. The van der Waals surface area contributed by atoms with Crippen LogP contribution in [-0.2, 0) is 6.42 Å². The van der Waals surface area contributed by atoms with Gasteiger partial charge in [0.05, 0.1) is 7.11 Å². The van der Waals surface area contributed by atoms with Crippen molar-refractivity contribution in [1.82, 2.24) is 15.5 Å². The zero-order valence-electron chi connectivity index (χ0n) is 16.1. The highest BCUT2D eigenvalue weighted by atomic mass is 16.5. The molecule has 1 fully saturated rings. The summed E-state index contributed by atoms with van der Waals surface area (Å²) in [6.45, 7) is 3.78. The zero-order valence-corrected chi connectivity index (χ0v) is 16.1. The molecule has 0 bridgehead atoms. The van der Waals surface area contributed by atoms with Crippen molar-refractivity contribution in [3.05, 3.63) is 47.7 Å². The van der Waals surface area contributed by atoms with E-state index in [1.165, 1.54) is 19.3 Å². The third-order valence-corrected chi connectivity index (χ3v) is 5.13. The largest absolute Gasteiger partial charge is 0.497 e. The highest BCUT2D eigenvalue weighted by molar-refractivity contribution is 5.92. The van der Waals surface area contributed by atoms with Crippen LogP contribution in [0.2, 0.25) is 0 Å². The minimum absolute atomic E-state index is 0.187. The summed E-state index contributed by atoms with van der Waals surface area (Å²) in [4.78, 5) is 14.6. The molecule has 0 spiro atoms. The number of nitrogens with zero attached hydrogens (tertiary/aromatic N) is 3. The number of methoxy groups -OCH3 is 1. The molecule has 1 aliphatic heterocycles. The monoisotopic (exact) mass is 368 g/mol. The van der Waals surface area contributed by atoms with Crippen LogP contribution < -0.4 is 15.0 Å². The number of amides is 1. The molecule has 27 heavy (non-hydrogen) atoms. The highest BCUT2D eigenvalue weighted by Gasteiger charge is 2.22. The molecule has 1 aromatic heterocycles. The van der Waals surface area contributed by atoms with E-state index in [4.69, 9.17) is 4.74 Å². The van der Waals surface area contributed by atoms with Gasteiger partial charge in [0.15, 0.2) is 11.5 Å². The summed E-state index contributed by atoms with van der Waals surface area (Å²) in [7, 11) is 1.65. The molecule has 1 amide bonds. The fourth-order valence-corrected chi connectivity index (χ4v) is 3.53. The van der Waals surface area contributed by atoms with E-state index in [2.05, 4.69) is 27.3 Å². The van der Waals surface area contributed by atoms with Gasteiger partial charge in [0.2, 0.25) is 0 Å². The molecule has 0 aliphatic carbocycles. The minimum Gasteiger partial charge on any atom is -0.497 e. The molecule has 6 nitrogen and oxygen atoms in total. The number of hydrogen-bond acceptors (Lipinski definition) is 5. The lowest BCUT2D eigenvalue weighted by Crippen LogP contribution is -2.39. The Morgan fingerprint density at radius 1 is 1.19 bits per heavy atom. The molecular weight excluding hydrogens is 340 g/mol. The zero-order chi connectivity index (χ0) is 19.1. The fourth-order valence-electron chi connectivity index (χ4n) is 3.53. The average molecular weight is 368 g/mol. The van der Waals surface area contributed by atoms with E-state index in [-0.39, 0.29) is 5.91 Å². The van der Waals surface area contributed by atoms with Crippen molar-refractivity contribution in [2.75, 3.05) is 25.1 Å². The molecule has 1 aliphatic rings. The van der Waals surface area contributed by atoms with Gasteiger partial charge < -0.3 is 15.0 Å². The fraction of sp³-hybridized carbons (Fsp3) is 0.476. The Morgan fingerprint density at radius 3 is 2.67 bits per heavy atom. The summed E-state index contributed by atoms with van der Waals surface area (Å²) >= 11 is 0. The molecule has 0 radical (unpaired) electrons. The van der Waals surface area contributed by atoms with Gasteiger partial charge >= 0.3 is 0 Å². The van der Waals surface area contributed by atoms with Gasteiger partial charge in [0.25, 0.3) is 5.91 Å². The first-order chi connectivity index (χ1) is 13.2. The van der Waals surface area contributed by atoms with E-state index >= 15 is 0 Å². The normalized spacial score (nSPS) is 16.8. The van der Waals surface area contributed by atoms with Crippen LogP contribution in [0, 0.1) is 0 Å². The number of piperidine rings is 1. The van der Waals surface area contributed by atoms with Crippen LogP contribution in [0.5, 0.6) is 5.75 Å². The second-order valence-corrected chi connectivity index (χ2v) is 6.88. The number of aromatic nitrogens is 2. The topological polar surface area (TPSA) is 67.4 Å². The van der Waals surface area contributed by atoms with E-state index in [1.54, 1.807) is 13.2 Å². The lowest BCUT2D eigenvalue weighted by Gasteiger charge is -2.35. The van der Waals surface area contributed by atoms with Gasteiger partial charge in [-0.3, -0.25) is 4.79 Å². The lowest BCUT2D eigenvalue weighted by atomic mass is 10.0. The van der Waals surface area contributed by atoms with Crippen LogP contribution in [0.15, 0.2) is 36.4 Å². The van der Waals surface area contributed by atoms with Crippen molar-refractivity contribution in [3.63, 3.8) is 0 Å². The number of rotatable bonds is 7. The summed E-state index contributed by atoms with van der Waals surface area (Å²) in [5, 5.41) is 11.4. The molecule has 1 saturated heterocycles. The number of anilines is 1. The Balaban J connectivity index is 1.52. The van der Waals surface area contributed by atoms with E-state index in [1.807, 2.05) is 30.3 Å². The number of hydrogen-bond donors (Lipinski definition) is 1. The van der Waals surface area contributed by atoms with Crippen LogP contribution in [0.25, 0.3) is 0 Å².